The van der Waals surface area contributed by atoms with Crippen molar-refractivity contribution in [3.05, 3.63) is 63.2 Å². The minimum absolute atomic E-state index is 0.167. The molecule has 5 heteroatoms. The van der Waals surface area contributed by atoms with Crippen LogP contribution in [0.2, 0.25) is 0 Å². The van der Waals surface area contributed by atoms with Crippen LogP contribution in [0.15, 0.2) is 42.5 Å². The zero-order chi connectivity index (χ0) is 13.1. The van der Waals surface area contributed by atoms with Gasteiger partial charge in [-0.2, -0.15) is 0 Å². The van der Waals surface area contributed by atoms with E-state index >= 15 is 0 Å². The number of halogens is 3. The molecular weight excluding hydrogens is 351 g/mol. The monoisotopic (exact) mass is 359 g/mol. The Bertz CT molecular complexity index is 601. The van der Waals surface area contributed by atoms with E-state index in [2.05, 4.69) is 5.32 Å². The molecule has 0 spiro atoms. The molecule has 0 fully saturated rings. The highest BCUT2D eigenvalue weighted by Gasteiger charge is 2.13. The number of benzene rings is 2. The molecule has 0 aliphatic heterocycles. The highest BCUT2D eigenvalue weighted by Crippen LogP contribution is 2.19. The molecule has 0 atom stereocenters. The molecule has 2 nitrogen and oxygen atoms in total. The first-order valence-corrected chi connectivity index (χ1v) is 6.17. The van der Waals surface area contributed by atoms with Crippen LogP contribution < -0.4 is 5.32 Å². The molecule has 0 heterocycles. The van der Waals surface area contributed by atoms with Crippen molar-refractivity contribution in [1.29, 1.82) is 0 Å². The molecule has 0 aliphatic rings. The molecule has 0 bridgehead atoms. The lowest BCUT2D eigenvalue weighted by Crippen LogP contribution is -2.14. The van der Waals surface area contributed by atoms with E-state index in [4.69, 9.17) is 0 Å². The van der Waals surface area contributed by atoms with Gasteiger partial charge in [-0.1, -0.05) is 18.2 Å². The van der Waals surface area contributed by atoms with Gasteiger partial charge >= 0.3 is 0 Å². The number of rotatable bonds is 2. The summed E-state index contributed by atoms with van der Waals surface area (Å²) in [6.45, 7) is 0. The van der Waals surface area contributed by atoms with Crippen LogP contribution in [0.4, 0.5) is 14.5 Å². The van der Waals surface area contributed by atoms with Crippen molar-refractivity contribution in [1.82, 2.24) is 0 Å². The van der Waals surface area contributed by atoms with Gasteiger partial charge in [0.2, 0.25) is 0 Å². The van der Waals surface area contributed by atoms with Crippen LogP contribution in [-0.2, 0) is 0 Å². The number of amides is 1. The summed E-state index contributed by atoms with van der Waals surface area (Å²) in [5.41, 5.74) is 0.251. The van der Waals surface area contributed by atoms with Crippen LogP contribution >= 0.6 is 22.6 Å². The lowest BCUT2D eigenvalue weighted by Gasteiger charge is -2.07. The smallest absolute Gasteiger partial charge is 0.256 e. The van der Waals surface area contributed by atoms with E-state index in [1.54, 1.807) is 24.3 Å². The van der Waals surface area contributed by atoms with E-state index < -0.39 is 17.5 Å². The van der Waals surface area contributed by atoms with E-state index in [0.717, 1.165) is 9.64 Å². The first kappa shape index (κ1) is 12.9. The molecule has 2 aromatic rings. The van der Waals surface area contributed by atoms with Gasteiger partial charge in [0, 0.05) is 3.57 Å². The van der Waals surface area contributed by atoms with Crippen molar-refractivity contribution < 1.29 is 13.6 Å². The summed E-state index contributed by atoms with van der Waals surface area (Å²) < 4.78 is 27.1. The van der Waals surface area contributed by atoms with Crippen LogP contribution in [0.5, 0.6) is 0 Å². The second kappa shape index (κ2) is 5.43. The number of nitrogens with one attached hydrogen (secondary N) is 1. The van der Waals surface area contributed by atoms with Gasteiger partial charge in [0.15, 0.2) is 11.6 Å². The Labute approximate surface area is 116 Å². The maximum Gasteiger partial charge on any atom is 0.256 e. The van der Waals surface area contributed by atoms with Crippen molar-refractivity contribution in [2.75, 3.05) is 5.32 Å². The fourth-order valence-electron chi connectivity index (χ4n) is 1.44. The van der Waals surface area contributed by atoms with Gasteiger partial charge in [-0.3, -0.25) is 4.79 Å². The highest BCUT2D eigenvalue weighted by molar-refractivity contribution is 14.1. The van der Waals surface area contributed by atoms with Gasteiger partial charge in [-0.05, 0) is 46.9 Å². The number of carbonyl (C=O) groups is 1. The molecule has 92 valence electrons. The molecular formula is C13H8F2INO. The summed E-state index contributed by atoms with van der Waals surface area (Å²) in [6.07, 6.45) is 0. The standard InChI is InChI=1S/C13H8F2INO/c14-9-5-3-7-11(12(9)15)17-13(18)8-4-1-2-6-10(8)16/h1-7H,(H,17,18). The first-order chi connectivity index (χ1) is 8.59. The average Bonchev–Trinajstić information content (AvgIpc) is 2.35. The lowest BCUT2D eigenvalue weighted by molar-refractivity contribution is 0.102. The Morgan fingerprint density at radius 3 is 2.50 bits per heavy atom. The summed E-state index contributed by atoms with van der Waals surface area (Å²) in [7, 11) is 0. The quantitative estimate of drug-likeness (QED) is 0.812. The normalized spacial score (nSPS) is 10.2. The average molecular weight is 359 g/mol. The highest BCUT2D eigenvalue weighted by atomic mass is 127. The Balaban J connectivity index is 2.27. The molecule has 1 N–H and O–H groups in total. The lowest BCUT2D eigenvalue weighted by atomic mass is 10.2. The maximum atomic E-state index is 13.4. The van der Waals surface area contributed by atoms with Gasteiger partial charge < -0.3 is 5.32 Å². The summed E-state index contributed by atoms with van der Waals surface area (Å²) in [4.78, 5) is 11.9. The molecule has 0 unspecified atom stereocenters. The fraction of sp³-hybridized carbons (Fsp3) is 0. The SMILES string of the molecule is O=C(Nc1cccc(F)c1F)c1ccccc1I. The van der Waals surface area contributed by atoms with Crippen molar-refractivity contribution in [2.24, 2.45) is 0 Å². The Kier molecular flexibility index (Phi) is 3.90. The molecule has 0 radical (unpaired) electrons. The minimum atomic E-state index is -1.06. The molecule has 2 rings (SSSR count). The summed E-state index contributed by atoms with van der Waals surface area (Å²) in [5.74, 6) is -2.52. The van der Waals surface area contributed by atoms with Crippen LogP contribution in [0, 0.1) is 15.2 Å². The van der Waals surface area contributed by atoms with Gasteiger partial charge in [-0.15, -0.1) is 0 Å². The third kappa shape index (κ3) is 2.66. The summed E-state index contributed by atoms with van der Waals surface area (Å²) in [5, 5.41) is 2.35. The van der Waals surface area contributed by atoms with E-state index in [-0.39, 0.29) is 5.69 Å². The zero-order valence-electron chi connectivity index (χ0n) is 9.08. The summed E-state index contributed by atoms with van der Waals surface area (Å²) in [6, 6.07) is 10.5. The van der Waals surface area contributed by atoms with E-state index in [1.165, 1.54) is 12.1 Å². The molecule has 0 saturated carbocycles. The van der Waals surface area contributed by atoms with Crippen molar-refractivity contribution >= 4 is 34.2 Å². The van der Waals surface area contributed by atoms with Gasteiger partial charge in [0.25, 0.3) is 5.91 Å². The molecule has 18 heavy (non-hydrogen) atoms. The number of carbonyl (C=O) groups excluding carboxylic acids is 1. The maximum absolute atomic E-state index is 13.4. The Hall–Kier alpha value is -1.50. The minimum Gasteiger partial charge on any atom is -0.319 e. The molecule has 1 amide bonds. The molecule has 2 aromatic carbocycles. The number of hydrogen-bond acceptors (Lipinski definition) is 1. The second-order valence-electron chi connectivity index (χ2n) is 3.54. The topological polar surface area (TPSA) is 29.1 Å². The third-order valence-corrected chi connectivity index (χ3v) is 3.26. The number of anilines is 1. The second-order valence-corrected chi connectivity index (χ2v) is 4.70. The van der Waals surface area contributed by atoms with Gasteiger partial charge in [0.1, 0.15) is 0 Å². The first-order valence-electron chi connectivity index (χ1n) is 5.09. The molecule has 0 saturated heterocycles. The molecule has 0 aliphatic carbocycles. The largest absolute Gasteiger partial charge is 0.319 e. The van der Waals surface area contributed by atoms with Gasteiger partial charge in [-0.25, -0.2) is 8.78 Å². The summed E-state index contributed by atoms with van der Waals surface area (Å²) >= 11 is 2.01. The number of hydrogen-bond donors (Lipinski definition) is 1. The third-order valence-electron chi connectivity index (χ3n) is 2.32. The van der Waals surface area contributed by atoms with Crippen LogP contribution in [0.3, 0.4) is 0 Å². The van der Waals surface area contributed by atoms with E-state index in [9.17, 15) is 13.6 Å². The van der Waals surface area contributed by atoms with Crippen molar-refractivity contribution in [3.63, 3.8) is 0 Å². The Morgan fingerprint density at radius 2 is 1.78 bits per heavy atom. The van der Waals surface area contributed by atoms with E-state index in [0.29, 0.717) is 5.56 Å². The Morgan fingerprint density at radius 1 is 1.06 bits per heavy atom. The fourth-order valence-corrected chi connectivity index (χ4v) is 2.07. The van der Waals surface area contributed by atoms with E-state index in [1.807, 2.05) is 22.6 Å². The predicted octanol–water partition coefficient (Wildman–Crippen LogP) is 3.82. The van der Waals surface area contributed by atoms with Crippen LogP contribution in [0.25, 0.3) is 0 Å². The van der Waals surface area contributed by atoms with Crippen LogP contribution in [-0.4, -0.2) is 5.91 Å². The van der Waals surface area contributed by atoms with Gasteiger partial charge in [0.05, 0.1) is 11.3 Å². The van der Waals surface area contributed by atoms with Crippen molar-refractivity contribution in [2.45, 2.75) is 0 Å². The van der Waals surface area contributed by atoms with Crippen LogP contribution in [0.1, 0.15) is 10.4 Å². The zero-order valence-corrected chi connectivity index (χ0v) is 11.2. The molecule has 0 aromatic heterocycles. The van der Waals surface area contributed by atoms with Crippen molar-refractivity contribution in [3.8, 4) is 0 Å². The predicted molar refractivity (Wildman–Crippen MR) is 73.5 cm³/mol.